The molecule has 3 nitrogen and oxygen atoms in total. The van der Waals surface area contributed by atoms with Crippen LogP contribution >= 0.6 is 34.5 Å². The van der Waals surface area contributed by atoms with E-state index < -0.39 is 0 Å². The first kappa shape index (κ1) is 14.6. The van der Waals surface area contributed by atoms with Gasteiger partial charge < -0.3 is 14.8 Å². The summed E-state index contributed by atoms with van der Waals surface area (Å²) in [5, 5.41) is 3.45. The van der Waals surface area contributed by atoms with Crippen molar-refractivity contribution in [1.29, 1.82) is 0 Å². The molecule has 0 amide bonds. The van der Waals surface area contributed by atoms with E-state index in [-0.39, 0.29) is 11.6 Å². The van der Waals surface area contributed by atoms with Crippen LogP contribution in [0.2, 0.25) is 8.67 Å². The average Bonchev–Trinajstić information content (AvgIpc) is 2.94. The van der Waals surface area contributed by atoms with Gasteiger partial charge in [-0.2, -0.15) is 0 Å². The summed E-state index contributed by atoms with van der Waals surface area (Å²) in [6.45, 7) is 4.22. The Morgan fingerprint density at radius 2 is 2.39 bits per heavy atom. The second-order valence-electron chi connectivity index (χ2n) is 4.57. The van der Waals surface area contributed by atoms with Gasteiger partial charge in [0.05, 0.1) is 15.3 Å². The summed E-state index contributed by atoms with van der Waals surface area (Å²) in [4.78, 5) is 0. The lowest BCUT2D eigenvalue weighted by atomic mass is 10.0. The predicted molar refractivity (Wildman–Crippen MR) is 75.9 cm³/mol. The van der Waals surface area contributed by atoms with Crippen LogP contribution in [-0.4, -0.2) is 32.5 Å². The van der Waals surface area contributed by atoms with Crippen molar-refractivity contribution in [3.63, 3.8) is 0 Å². The number of hydrogen-bond donors (Lipinski definition) is 1. The minimum atomic E-state index is -0.208. The first-order chi connectivity index (χ1) is 8.56. The quantitative estimate of drug-likeness (QED) is 0.903. The summed E-state index contributed by atoms with van der Waals surface area (Å²) in [6.07, 6.45) is 0.918. The summed E-state index contributed by atoms with van der Waals surface area (Å²) >= 11 is 13.5. The Bertz CT molecular complexity index is 405. The lowest BCUT2D eigenvalue weighted by molar-refractivity contribution is -0.0172. The van der Waals surface area contributed by atoms with Gasteiger partial charge in [0.15, 0.2) is 0 Å². The highest BCUT2D eigenvalue weighted by Crippen LogP contribution is 2.35. The minimum absolute atomic E-state index is 0.147. The van der Waals surface area contributed by atoms with E-state index in [1.165, 1.54) is 11.3 Å². The highest BCUT2D eigenvalue weighted by atomic mass is 35.5. The van der Waals surface area contributed by atoms with Crippen molar-refractivity contribution >= 4 is 34.5 Å². The van der Waals surface area contributed by atoms with E-state index in [4.69, 9.17) is 32.7 Å². The van der Waals surface area contributed by atoms with Gasteiger partial charge in [-0.05, 0) is 18.6 Å². The van der Waals surface area contributed by atoms with Crippen LogP contribution in [0.4, 0.5) is 0 Å². The van der Waals surface area contributed by atoms with Crippen LogP contribution in [0.15, 0.2) is 6.07 Å². The highest BCUT2D eigenvalue weighted by Gasteiger charge is 2.35. The largest absolute Gasteiger partial charge is 0.378 e. The Balaban J connectivity index is 1.95. The van der Waals surface area contributed by atoms with Crippen molar-refractivity contribution in [3.8, 4) is 0 Å². The lowest BCUT2D eigenvalue weighted by Gasteiger charge is -2.28. The van der Waals surface area contributed by atoms with E-state index in [2.05, 4.69) is 12.2 Å². The fraction of sp³-hybridized carbons (Fsp3) is 0.667. The molecule has 102 valence electrons. The van der Waals surface area contributed by atoms with Crippen molar-refractivity contribution in [1.82, 2.24) is 5.32 Å². The molecule has 1 aromatic rings. The standard InChI is InChI=1S/C12H17Cl2NO2S/c1-8(9-5-10(13)18-11(9)14)15-6-12(16-2)3-4-17-7-12/h5,8,15H,3-4,6-7H2,1-2H3. The molecule has 0 aliphatic carbocycles. The summed E-state index contributed by atoms with van der Waals surface area (Å²) in [6, 6.07) is 2.06. The molecule has 2 heterocycles. The van der Waals surface area contributed by atoms with Crippen LogP contribution < -0.4 is 5.32 Å². The zero-order chi connectivity index (χ0) is 13.2. The number of hydrogen-bond acceptors (Lipinski definition) is 4. The molecule has 0 aromatic carbocycles. The van der Waals surface area contributed by atoms with E-state index in [1.54, 1.807) is 7.11 Å². The van der Waals surface area contributed by atoms with Gasteiger partial charge in [-0.25, -0.2) is 0 Å². The van der Waals surface area contributed by atoms with Crippen LogP contribution in [0.25, 0.3) is 0 Å². The second kappa shape index (κ2) is 6.07. The molecule has 1 aliphatic heterocycles. The van der Waals surface area contributed by atoms with Gasteiger partial charge in [-0.3, -0.25) is 0 Å². The molecule has 0 spiro atoms. The molecule has 2 rings (SSSR count). The summed E-state index contributed by atoms with van der Waals surface area (Å²) in [7, 11) is 1.73. The zero-order valence-corrected chi connectivity index (χ0v) is 12.8. The van der Waals surface area contributed by atoms with Crippen LogP contribution in [0.5, 0.6) is 0 Å². The Morgan fingerprint density at radius 3 is 2.89 bits per heavy atom. The van der Waals surface area contributed by atoms with E-state index in [0.29, 0.717) is 10.9 Å². The predicted octanol–water partition coefficient (Wildman–Crippen LogP) is 3.51. The maximum Gasteiger partial charge on any atom is 0.106 e. The number of thiophene rings is 1. The van der Waals surface area contributed by atoms with Crippen molar-refractivity contribution < 1.29 is 9.47 Å². The molecule has 6 heteroatoms. The van der Waals surface area contributed by atoms with Gasteiger partial charge >= 0.3 is 0 Å². The zero-order valence-electron chi connectivity index (χ0n) is 10.5. The molecule has 18 heavy (non-hydrogen) atoms. The first-order valence-corrected chi connectivity index (χ1v) is 7.44. The summed E-state index contributed by atoms with van der Waals surface area (Å²) < 4.78 is 12.4. The third-order valence-corrected chi connectivity index (χ3v) is 4.90. The van der Waals surface area contributed by atoms with Crippen molar-refractivity contribution in [3.05, 3.63) is 20.3 Å². The Morgan fingerprint density at radius 1 is 1.61 bits per heavy atom. The minimum Gasteiger partial charge on any atom is -0.378 e. The molecule has 0 bridgehead atoms. The van der Waals surface area contributed by atoms with Crippen molar-refractivity contribution in [2.45, 2.75) is 25.0 Å². The van der Waals surface area contributed by atoms with E-state index in [9.17, 15) is 0 Å². The van der Waals surface area contributed by atoms with E-state index in [0.717, 1.165) is 29.5 Å². The molecular weight excluding hydrogens is 293 g/mol. The average molecular weight is 310 g/mol. The van der Waals surface area contributed by atoms with Crippen LogP contribution in [0, 0.1) is 0 Å². The van der Waals surface area contributed by atoms with Crippen LogP contribution in [0.1, 0.15) is 24.9 Å². The molecule has 1 saturated heterocycles. The Kier molecular flexibility index (Phi) is 4.92. The maximum atomic E-state index is 6.14. The third-order valence-electron chi connectivity index (χ3n) is 3.38. The van der Waals surface area contributed by atoms with Gasteiger partial charge in [-0.15, -0.1) is 11.3 Å². The SMILES string of the molecule is COC1(CNC(C)c2cc(Cl)sc2Cl)CCOC1. The number of halogens is 2. The number of nitrogens with one attached hydrogen (secondary N) is 1. The van der Waals surface area contributed by atoms with Gasteiger partial charge in [0.25, 0.3) is 0 Å². The topological polar surface area (TPSA) is 30.5 Å². The monoisotopic (exact) mass is 309 g/mol. The molecule has 2 atom stereocenters. The van der Waals surface area contributed by atoms with Gasteiger partial charge in [0, 0.05) is 32.7 Å². The smallest absolute Gasteiger partial charge is 0.106 e. The Labute approximate surface area is 121 Å². The van der Waals surface area contributed by atoms with Gasteiger partial charge in [-0.1, -0.05) is 23.2 Å². The van der Waals surface area contributed by atoms with E-state index in [1.807, 2.05) is 6.07 Å². The number of rotatable bonds is 5. The number of methoxy groups -OCH3 is 1. The summed E-state index contributed by atoms with van der Waals surface area (Å²) in [5.74, 6) is 0. The lowest BCUT2D eigenvalue weighted by Crippen LogP contribution is -2.43. The van der Waals surface area contributed by atoms with Crippen LogP contribution in [-0.2, 0) is 9.47 Å². The molecule has 1 aliphatic rings. The molecule has 1 fully saturated rings. The molecule has 2 unspecified atom stereocenters. The normalized spacial score (nSPS) is 25.6. The highest BCUT2D eigenvalue weighted by molar-refractivity contribution is 7.20. The maximum absolute atomic E-state index is 6.14. The molecule has 1 N–H and O–H groups in total. The fourth-order valence-corrected chi connectivity index (χ4v) is 3.70. The fourth-order valence-electron chi connectivity index (χ4n) is 2.06. The summed E-state index contributed by atoms with van der Waals surface area (Å²) in [5.41, 5.74) is 0.831. The van der Waals surface area contributed by atoms with Crippen molar-refractivity contribution in [2.24, 2.45) is 0 Å². The third kappa shape index (κ3) is 3.18. The molecule has 0 radical (unpaired) electrons. The van der Waals surface area contributed by atoms with Crippen LogP contribution in [0.3, 0.4) is 0 Å². The van der Waals surface area contributed by atoms with Gasteiger partial charge in [0.2, 0.25) is 0 Å². The van der Waals surface area contributed by atoms with E-state index >= 15 is 0 Å². The first-order valence-electron chi connectivity index (χ1n) is 5.87. The van der Waals surface area contributed by atoms with Crippen molar-refractivity contribution in [2.75, 3.05) is 26.9 Å². The number of ether oxygens (including phenoxy) is 2. The molecule has 0 saturated carbocycles. The Hall–Kier alpha value is 0.160. The van der Waals surface area contributed by atoms with Gasteiger partial charge in [0.1, 0.15) is 5.60 Å². The molecular formula is C12H17Cl2NO2S. The molecule has 1 aromatic heterocycles. The second-order valence-corrected chi connectivity index (χ2v) is 6.86.